The number of carbonyl (C=O) groups excluding carboxylic acids is 2. The molecule has 2 amide bonds. The van der Waals surface area contributed by atoms with Crippen molar-refractivity contribution >= 4 is 33.2 Å². The van der Waals surface area contributed by atoms with Crippen LogP contribution in [-0.2, 0) is 30.8 Å². The van der Waals surface area contributed by atoms with Gasteiger partial charge in [-0.05, 0) is 49.8 Å². The highest BCUT2D eigenvalue weighted by molar-refractivity contribution is 7.88. The zero-order valence-corrected chi connectivity index (χ0v) is 17.4. The first-order valence-electron chi connectivity index (χ1n) is 10.1. The van der Waals surface area contributed by atoms with Crippen molar-refractivity contribution in [3.63, 3.8) is 0 Å². The third-order valence-corrected chi connectivity index (χ3v) is 7.32. The number of ether oxygens (including phenoxy) is 1. The van der Waals surface area contributed by atoms with E-state index in [9.17, 15) is 18.0 Å². The van der Waals surface area contributed by atoms with Crippen molar-refractivity contribution in [3.05, 3.63) is 23.8 Å². The Morgan fingerprint density at radius 2 is 1.90 bits per heavy atom. The Balaban J connectivity index is 1.41. The van der Waals surface area contributed by atoms with Crippen molar-refractivity contribution in [1.29, 1.82) is 0 Å². The lowest BCUT2D eigenvalue weighted by molar-refractivity contribution is -0.127. The van der Waals surface area contributed by atoms with Crippen molar-refractivity contribution < 1.29 is 22.7 Å². The van der Waals surface area contributed by atoms with E-state index in [1.165, 1.54) is 10.6 Å². The number of benzene rings is 1. The van der Waals surface area contributed by atoms with Crippen LogP contribution < -0.4 is 10.2 Å². The molecule has 9 heteroatoms. The van der Waals surface area contributed by atoms with E-state index in [2.05, 4.69) is 5.32 Å². The van der Waals surface area contributed by atoms with Crippen molar-refractivity contribution in [2.75, 3.05) is 42.7 Å². The minimum absolute atomic E-state index is 0.00197. The van der Waals surface area contributed by atoms with Crippen LogP contribution in [-0.4, -0.2) is 63.1 Å². The van der Waals surface area contributed by atoms with E-state index in [-0.39, 0.29) is 23.8 Å². The van der Waals surface area contributed by atoms with Gasteiger partial charge in [-0.25, -0.2) is 12.7 Å². The summed E-state index contributed by atoms with van der Waals surface area (Å²) >= 11 is 0. The first-order valence-corrected chi connectivity index (χ1v) is 12.0. The highest BCUT2D eigenvalue weighted by Crippen LogP contribution is 2.33. The van der Waals surface area contributed by atoms with Crippen LogP contribution in [0.3, 0.4) is 0 Å². The van der Waals surface area contributed by atoms with Gasteiger partial charge in [-0.1, -0.05) is 6.07 Å². The molecular formula is C20H27N3O5S. The van der Waals surface area contributed by atoms with Crippen molar-refractivity contribution in [2.45, 2.75) is 38.2 Å². The Hall–Kier alpha value is -1.97. The molecule has 8 nitrogen and oxygen atoms in total. The molecule has 0 aromatic heterocycles. The molecule has 1 atom stereocenters. The summed E-state index contributed by atoms with van der Waals surface area (Å²) < 4.78 is 30.2. The molecule has 1 aromatic carbocycles. The van der Waals surface area contributed by atoms with Crippen LogP contribution in [0.4, 0.5) is 11.4 Å². The van der Waals surface area contributed by atoms with E-state index in [1.54, 1.807) is 4.90 Å². The average molecular weight is 422 g/mol. The molecule has 3 heterocycles. The number of rotatable bonds is 4. The van der Waals surface area contributed by atoms with Crippen LogP contribution in [0.2, 0.25) is 0 Å². The second-order valence-corrected chi connectivity index (χ2v) is 9.99. The van der Waals surface area contributed by atoms with Gasteiger partial charge < -0.3 is 15.0 Å². The third kappa shape index (κ3) is 4.31. The van der Waals surface area contributed by atoms with Gasteiger partial charge in [0.2, 0.25) is 15.9 Å². The topological polar surface area (TPSA) is 96.0 Å². The lowest BCUT2D eigenvalue weighted by Crippen LogP contribution is -2.40. The molecule has 29 heavy (non-hydrogen) atoms. The van der Waals surface area contributed by atoms with Crippen LogP contribution in [0.25, 0.3) is 0 Å². The SMILES string of the molecule is CS(=O)(=O)N1CCC(C(=O)Nc2ccc3c(c2)N(C(=O)[C@@H]2CCCO2)CC3)CC1. The van der Waals surface area contributed by atoms with Gasteiger partial charge in [0.1, 0.15) is 6.10 Å². The molecular weight excluding hydrogens is 394 g/mol. The maximum absolute atomic E-state index is 12.8. The monoisotopic (exact) mass is 421 g/mol. The lowest BCUT2D eigenvalue weighted by Gasteiger charge is -2.29. The van der Waals surface area contributed by atoms with Crippen LogP contribution >= 0.6 is 0 Å². The van der Waals surface area contributed by atoms with Crippen LogP contribution in [0.1, 0.15) is 31.2 Å². The van der Waals surface area contributed by atoms with Crippen molar-refractivity contribution in [2.24, 2.45) is 5.92 Å². The number of piperidine rings is 1. The number of hydrogen-bond donors (Lipinski definition) is 1. The Morgan fingerprint density at radius 1 is 1.14 bits per heavy atom. The van der Waals surface area contributed by atoms with Gasteiger partial charge in [0.25, 0.3) is 5.91 Å². The van der Waals surface area contributed by atoms with Gasteiger partial charge in [0.15, 0.2) is 0 Å². The Labute approximate surface area is 171 Å². The molecule has 0 radical (unpaired) electrons. The standard InChI is InChI=1S/C20H27N3O5S/c1-29(26,27)22-9-6-15(7-10-22)19(24)21-16-5-4-14-8-11-23(17(14)13-16)20(25)18-3-2-12-28-18/h4-5,13,15,18H,2-3,6-12H2,1H3,(H,21,24)/t18-/m0/s1. The molecule has 1 N–H and O–H groups in total. The summed E-state index contributed by atoms with van der Waals surface area (Å²) in [7, 11) is -3.21. The summed E-state index contributed by atoms with van der Waals surface area (Å²) in [5.74, 6) is -0.322. The lowest BCUT2D eigenvalue weighted by atomic mass is 9.97. The summed E-state index contributed by atoms with van der Waals surface area (Å²) in [4.78, 5) is 27.2. The Morgan fingerprint density at radius 3 is 2.55 bits per heavy atom. The molecule has 0 spiro atoms. The number of fused-ring (bicyclic) bond motifs is 1. The molecule has 1 aromatic rings. The number of carbonyl (C=O) groups is 2. The van der Waals surface area contributed by atoms with Crippen molar-refractivity contribution in [1.82, 2.24) is 4.31 Å². The highest BCUT2D eigenvalue weighted by atomic mass is 32.2. The fraction of sp³-hybridized carbons (Fsp3) is 0.600. The smallest absolute Gasteiger partial charge is 0.256 e. The van der Waals surface area contributed by atoms with Gasteiger partial charge in [-0.15, -0.1) is 0 Å². The summed E-state index contributed by atoms with van der Waals surface area (Å²) in [6.45, 7) is 2.00. The molecule has 3 aliphatic heterocycles. The van der Waals surface area contributed by atoms with Crippen LogP contribution in [0, 0.1) is 5.92 Å². The second-order valence-electron chi connectivity index (χ2n) is 8.01. The van der Waals surface area contributed by atoms with Gasteiger partial charge in [0, 0.05) is 43.5 Å². The minimum Gasteiger partial charge on any atom is -0.368 e. The van der Waals surface area contributed by atoms with E-state index >= 15 is 0 Å². The van der Waals surface area contributed by atoms with E-state index in [1.807, 2.05) is 18.2 Å². The second kappa shape index (κ2) is 8.04. The number of hydrogen-bond acceptors (Lipinski definition) is 5. The summed E-state index contributed by atoms with van der Waals surface area (Å²) in [5.41, 5.74) is 2.59. The number of anilines is 2. The summed E-state index contributed by atoms with van der Waals surface area (Å²) in [6.07, 6.45) is 4.31. The molecule has 0 saturated carbocycles. The first-order chi connectivity index (χ1) is 13.8. The number of sulfonamides is 1. The average Bonchev–Trinajstić information content (AvgIpc) is 3.37. The fourth-order valence-electron chi connectivity index (χ4n) is 4.33. The minimum atomic E-state index is -3.21. The van der Waals surface area contributed by atoms with Crippen LogP contribution in [0.15, 0.2) is 18.2 Å². The van der Waals surface area contributed by atoms with E-state index in [0.29, 0.717) is 44.8 Å². The van der Waals surface area contributed by atoms with Crippen molar-refractivity contribution in [3.8, 4) is 0 Å². The number of nitrogens with zero attached hydrogens (tertiary/aromatic N) is 2. The van der Waals surface area contributed by atoms with Gasteiger partial charge in [-0.3, -0.25) is 9.59 Å². The Kier molecular flexibility index (Phi) is 5.63. The highest BCUT2D eigenvalue weighted by Gasteiger charge is 2.33. The van der Waals surface area contributed by atoms with Gasteiger partial charge in [0.05, 0.1) is 6.26 Å². The predicted octanol–water partition coefficient (Wildman–Crippen LogP) is 1.36. The van der Waals surface area contributed by atoms with Gasteiger partial charge in [-0.2, -0.15) is 0 Å². The third-order valence-electron chi connectivity index (χ3n) is 6.01. The summed E-state index contributed by atoms with van der Waals surface area (Å²) in [5, 5.41) is 2.95. The molecule has 4 rings (SSSR count). The molecule has 3 aliphatic rings. The van der Waals surface area contributed by atoms with E-state index < -0.39 is 10.0 Å². The zero-order valence-electron chi connectivity index (χ0n) is 16.6. The van der Waals surface area contributed by atoms with E-state index in [0.717, 1.165) is 30.5 Å². The Bertz CT molecular complexity index is 903. The molecule has 0 unspecified atom stereocenters. The van der Waals surface area contributed by atoms with Crippen LogP contribution in [0.5, 0.6) is 0 Å². The molecule has 2 saturated heterocycles. The largest absolute Gasteiger partial charge is 0.368 e. The van der Waals surface area contributed by atoms with Gasteiger partial charge >= 0.3 is 0 Å². The molecule has 0 aliphatic carbocycles. The quantitative estimate of drug-likeness (QED) is 0.792. The molecule has 158 valence electrons. The maximum atomic E-state index is 12.8. The molecule has 0 bridgehead atoms. The fourth-order valence-corrected chi connectivity index (χ4v) is 5.20. The normalized spacial score (nSPS) is 23.2. The predicted molar refractivity (Wildman–Crippen MR) is 109 cm³/mol. The number of nitrogens with one attached hydrogen (secondary N) is 1. The first kappa shape index (κ1) is 20.3. The summed E-state index contributed by atoms with van der Waals surface area (Å²) in [6, 6.07) is 5.68. The maximum Gasteiger partial charge on any atom is 0.256 e. The number of amides is 2. The van der Waals surface area contributed by atoms with E-state index in [4.69, 9.17) is 4.74 Å². The zero-order chi connectivity index (χ0) is 20.6. The molecule has 2 fully saturated rings.